The van der Waals surface area contributed by atoms with Gasteiger partial charge in [0.1, 0.15) is 9.71 Å². The molecule has 0 saturated heterocycles. The molecule has 2 aromatic carbocycles. The number of hydrogen-bond donors (Lipinski definition) is 1. The van der Waals surface area contributed by atoms with Gasteiger partial charge in [-0.2, -0.15) is 13.2 Å². The van der Waals surface area contributed by atoms with Crippen molar-refractivity contribution in [2.75, 3.05) is 19.8 Å². The maximum atomic E-state index is 14.0. The summed E-state index contributed by atoms with van der Waals surface area (Å²) in [4.78, 5) is 17.2. The predicted molar refractivity (Wildman–Crippen MR) is 125 cm³/mol. The smallest absolute Gasteiger partial charge is 0.397 e. The van der Waals surface area contributed by atoms with Crippen LogP contribution in [0.2, 0.25) is 0 Å². The van der Waals surface area contributed by atoms with Gasteiger partial charge in [0.2, 0.25) is 15.8 Å². The molecule has 0 bridgehead atoms. The minimum Gasteiger partial charge on any atom is -0.397 e. The van der Waals surface area contributed by atoms with Crippen molar-refractivity contribution in [1.29, 1.82) is 0 Å². The summed E-state index contributed by atoms with van der Waals surface area (Å²) in [5, 5.41) is -0.327. The number of rotatable bonds is 5. The second-order valence-corrected chi connectivity index (χ2v) is 10.7. The van der Waals surface area contributed by atoms with Gasteiger partial charge in [-0.25, -0.2) is 17.7 Å². The fourth-order valence-corrected chi connectivity index (χ4v) is 5.37. The Morgan fingerprint density at radius 3 is 2.21 bits per heavy atom. The summed E-state index contributed by atoms with van der Waals surface area (Å²) in [5.74, 6) is -0.492. The molecule has 0 radical (unpaired) electrons. The summed E-state index contributed by atoms with van der Waals surface area (Å²) >= 11 is 0.789. The first-order valence-electron chi connectivity index (χ1n) is 9.84. The van der Waals surface area contributed by atoms with Gasteiger partial charge >= 0.3 is 6.18 Å². The third-order valence-corrected chi connectivity index (χ3v) is 8.10. The zero-order valence-electron chi connectivity index (χ0n) is 17.9. The van der Waals surface area contributed by atoms with Crippen molar-refractivity contribution < 1.29 is 26.4 Å². The number of fused-ring (bicyclic) bond motifs is 1. The Balaban J connectivity index is 1.88. The third-order valence-electron chi connectivity index (χ3n) is 5.18. The van der Waals surface area contributed by atoms with E-state index in [1.54, 1.807) is 30.3 Å². The van der Waals surface area contributed by atoms with Crippen LogP contribution in [0.5, 0.6) is 0 Å². The molecule has 4 rings (SSSR count). The fourth-order valence-electron chi connectivity index (χ4n) is 3.39. The molecule has 11 heteroatoms. The Hall–Kier alpha value is -3.28. The summed E-state index contributed by atoms with van der Waals surface area (Å²) in [6.07, 6.45) is -4.76. The number of nitrogen functional groups attached to an aromatic ring is 1. The number of thiophene rings is 1. The Morgan fingerprint density at radius 1 is 1.03 bits per heavy atom. The number of pyridine rings is 1. The van der Waals surface area contributed by atoms with Crippen molar-refractivity contribution >= 4 is 43.0 Å². The third kappa shape index (κ3) is 4.17. The number of carbonyl (C=O) groups is 1. The van der Waals surface area contributed by atoms with Crippen LogP contribution in [0.1, 0.15) is 20.8 Å². The second kappa shape index (κ2) is 8.49. The van der Waals surface area contributed by atoms with E-state index in [1.807, 2.05) is 0 Å². The van der Waals surface area contributed by atoms with Crippen molar-refractivity contribution in [2.24, 2.45) is 0 Å². The van der Waals surface area contributed by atoms with E-state index >= 15 is 0 Å². The highest BCUT2D eigenvalue weighted by molar-refractivity contribution is 7.89. The lowest BCUT2D eigenvalue weighted by Crippen LogP contribution is -2.22. The summed E-state index contributed by atoms with van der Waals surface area (Å²) in [5.41, 5.74) is 5.32. The molecule has 34 heavy (non-hydrogen) atoms. The van der Waals surface area contributed by atoms with E-state index in [-0.39, 0.29) is 36.9 Å². The number of halogens is 3. The van der Waals surface area contributed by atoms with Crippen LogP contribution in [0.3, 0.4) is 0 Å². The van der Waals surface area contributed by atoms with Crippen LogP contribution in [0, 0.1) is 0 Å². The first-order chi connectivity index (χ1) is 15.9. The molecule has 0 unspecified atom stereocenters. The standard InChI is InChI=1S/C23H18F3N3O3S2/c1-29(2)34(31,32)15-10-8-13(9-11-15)17-12-16(23(24,25)26)18-19(27)21(33-22(18)28-17)20(30)14-6-4-3-5-7-14/h3-12H,27H2,1-2H3. The zero-order chi connectivity index (χ0) is 24.8. The number of ketones is 1. The fraction of sp³-hybridized carbons (Fsp3) is 0.130. The van der Waals surface area contributed by atoms with Crippen molar-refractivity contribution in [3.8, 4) is 11.3 Å². The maximum absolute atomic E-state index is 14.0. The molecule has 2 heterocycles. The number of anilines is 1. The Bertz CT molecular complexity index is 1500. The topological polar surface area (TPSA) is 93.4 Å². The largest absolute Gasteiger partial charge is 0.417 e. The van der Waals surface area contributed by atoms with Crippen molar-refractivity contribution in [3.63, 3.8) is 0 Å². The van der Waals surface area contributed by atoms with Gasteiger partial charge in [-0.3, -0.25) is 4.79 Å². The molecule has 0 amide bonds. The van der Waals surface area contributed by atoms with Crippen LogP contribution >= 0.6 is 11.3 Å². The normalized spacial score (nSPS) is 12.4. The summed E-state index contributed by atoms with van der Waals surface area (Å²) in [7, 11) is -0.941. The minimum atomic E-state index is -4.76. The van der Waals surface area contributed by atoms with Gasteiger partial charge in [0.05, 0.1) is 21.8 Å². The number of carbonyl (C=O) groups excluding carboxylic acids is 1. The quantitative estimate of drug-likeness (QED) is 0.384. The van der Waals surface area contributed by atoms with Crippen LogP contribution in [-0.2, 0) is 16.2 Å². The van der Waals surface area contributed by atoms with Crippen molar-refractivity contribution in [1.82, 2.24) is 9.29 Å². The van der Waals surface area contributed by atoms with Crippen molar-refractivity contribution in [2.45, 2.75) is 11.1 Å². The molecule has 0 saturated carbocycles. The van der Waals surface area contributed by atoms with Crippen LogP contribution in [0.15, 0.2) is 65.6 Å². The average Bonchev–Trinajstić information content (AvgIpc) is 3.14. The predicted octanol–water partition coefficient (Wildman–Crippen LogP) is 5.05. The number of sulfonamides is 1. The number of benzene rings is 2. The van der Waals surface area contributed by atoms with Gasteiger partial charge in [0.25, 0.3) is 0 Å². The molecule has 0 aliphatic rings. The number of alkyl halides is 3. The molecule has 4 aromatic rings. The van der Waals surface area contributed by atoms with Gasteiger partial charge in [-0.1, -0.05) is 42.5 Å². The average molecular weight is 506 g/mol. The molecule has 2 N–H and O–H groups in total. The lowest BCUT2D eigenvalue weighted by molar-refractivity contribution is -0.136. The molecule has 6 nitrogen and oxygen atoms in total. The van der Waals surface area contributed by atoms with Crippen LogP contribution in [0.4, 0.5) is 18.9 Å². The van der Waals surface area contributed by atoms with E-state index in [1.165, 1.54) is 38.4 Å². The van der Waals surface area contributed by atoms with Crippen LogP contribution in [0.25, 0.3) is 21.5 Å². The zero-order valence-corrected chi connectivity index (χ0v) is 19.6. The molecule has 0 spiro atoms. The molecule has 0 aliphatic heterocycles. The van der Waals surface area contributed by atoms with E-state index in [9.17, 15) is 26.4 Å². The lowest BCUT2D eigenvalue weighted by Gasteiger charge is -2.13. The summed E-state index contributed by atoms with van der Waals surface area (Å²) < 4.78 is 67.6. The number of nitrogens with two attached hydrogens (primary N) is 1. The first-order valence-corrected chi connectivity index (χ1v) is 12.1. The van der Waals surface area contributed by atoms with E-state index in [0.29, 0.717) is 5.56 Å². The highest BCUT2D eigenvalue weighted by Crippen LogP contribution is 2.44. The van der Waals surface area contributed by atoms with Gasteiger partial charge < -0.3 is 5.73 Å². The molecule has 0 atom stereocenters. The molecular formula is C23H18F3N3O3S2. The molecule has 0 fully saturated rings. The number of nitrogens with zero attached hydrogens (tertiary/aromatic N) is 2. The molecular weight excluding hydrogens is 487 g/mol. The van der Waals surface area contributed by atoms with E-state index < -0.39 is 27.5 Å². The van der Waals surface area contributed by atoms with Gasteiger partial charge in [0, 0.05) is 30.6 Å². The lowest BCUT2D eigenvalue weighted by atomic mass is 10.0. The summed E-state index contributed by atoms with van der Waals surface area (Å²) in [6.45, 7) is 0. The SMILES string of the molecule is CN(C)S(=O)(=O)c1ccc(-c2cc(C(F)(F)F)c3c(N)c(C(=O)c4ccccc4)sc3n2)cc1. The van der Waals surface area contributed by atoms with E-state index in [2.05, 4.69) is 4.98 Å². The Labute approximate surface area is 197 Å². The highest BCUT2D eigenvalue weighted by atomic mass is 32.2. The molecule has 2 aromatic heterocycles. The van der Waals surface area contributed by atoms with Gasteiger partial charge in [-0.05, 0) is 18.2 Å². The highest BCUT2D eigenvalue weighted by Gasteiger charge is 2.36. The molecule has 0 aliphatic carbocycles. The Morgan fingerprint density at radius 2 is 1.65 bits per heavy atom. The van der Waals surface area contributed by atoms with Crippen LogP contribution in [-0.4, -0.2) is 37.6 Å². The van der Waals surface area contributed by atoms with E-state index in [0.717, 1.165) is 21.7 Å². The second-order valence-electron chi connectivity index (χ2n) is 7.58. The monoisotopic (exact) mass is 505 g/mol. The number of aromatic nitrogens is 1. The van der Waals surface area contributed by atoms with Crippen molar-refractivity contribution in [3.05, 3.63) is 76.7 Å². The first kappa shape index (κ1) is 23.9. The number of hydrogen-bond acceptors (Lipinski definition) is 6. The van der Waals surface area contributed by atoms with Gasteiger partial charge in [0.15, 0.2) is 0 Å². The van der Waals surface area contributed by atoms with Gasteiger partial charge in [-0.15, -0.1) is 11.3 Å². The minimum absolute atomic E-state index is 0.00511. The maximum Gasteiger partial charge on any atom is 0.417 e. The van der Waals surface area contributed by atoms with E-state index in [4.69, 9.17) is 5.73 Å². The summed E-state index contributed by atoms with van der Waals surface area (Å²) in [6, 6.07) is 14.4. The molecule has 176 valence electrons. The van der Waals surface area contributed by atoms with Crippen LogP contribution < -0.4 is 5.73 Å². The Kier molecular flexibility index (Phi) is 5.96.